The molecule has 36 heavy (non-hydrogen) atoms. The van der Waals surface area contributed by atoms with Gasteiger partial charge in [0, 0.05) is 30.7 Å². The second kappa shape index (κ2) is 14.0. The van der Waals surface area contributed by atoms with Crippen LogP contribution in [0.4, 0.5) is 4.79 Å². The molecule has 0 aromatic carbocycles. The summed E-state index contributed by atoms with van der Waals surface area (Å²) in [5.74, 6) is -2.83. The molecule has 1 aliphatic heterocycles. The third-order valence-corrected chi connectivity index (χ3v) is 5.69. The topological polar surface area (TPSA) is 174 Å². The van der Waals surface area contributed by atoms with Gasteiger partial charge in [0.05, 0.1) is 27.6 Å². The summed E-state index contributed by atoms with van der Waals surface area (Å²) in [5.41, 5.74) is -1.27. The Morgan fingerprint density at radius 1 is 1.17 bits per heavy atom. The summed E-state index contributed by atoms with van der Waals surface area (Å²) < 4.78 is 16.0. The number of quaternary nitrogens is 1. The highest BCUT2D eigenvalue weighted by Crippen LogP contribution is 2.26. The van der Waals surface area contributed by atoms with E-state index in [0.29, 0.717) is 4.48 Å². The summed E-state index contributed by atoms with van der Waals surface area (Å²) in [6.45, 7) is 2.95. The molecule has 14 heteroatoms. The Bertz CT molecular complexity index is 840. The van der Waals surface area contributed by atoms with Crippen LogP contribution in [0.15, 0.2) is 0 Å². The van der Waals surface area contributed by atoms with Crippen LogP contribution in [0.1, 0.15) is 33.1 Å². The summed E-state index contributed by atoms with van der Waals surface area (Å²) in [5, 5.41) is 13.8. The zero-order valence-electron chi connectivity index (χ0n) is 21.3. The molecular formula is C22H36N3O10S+. The first-order valence-corrected chi connectivity index (χ1v) is 12.3. The Labute approximate surface area is 214 Å². The molecule has 3 N–H and O–H groups in total. The minimum absolute atomic E-state index is 0.0544. The largest absolute Gasteiger partial charge is 0.509 e. The molecule has 0 bridgehead atoms. The second-order valence-electron chi connectivity index (χ2n) is 10.00. The van der Waals surface area contributed by atoms with Crippen LogP contribution in [0.25, 0.3) is 0 Å². The van der Waals surface area contributed by atoms with Gasteiger partial charge < -0.3 is 34.4 Å². The lowest BCUT2D eigenvalue weighted by Gasteiger charge is -2.33. The Hall–Kier alpha value is -2.87. The summed E-state index contributed by atoms with van der Waals surface area (Å²) in [4.78, 5) is 72.7. The smallest absolute Gasteiger partial charge is 0.481 e. The number of cyclic esters (lactones) is 1. The number of hydrogen-bond acceptors (Lipinski definition) is 10. The molecule has 1 saturated heterocycles. The molecule has 0 spiro atoms. The van der Waals surface area contributed by atoms with Gasteiger partial charge in [0.25, 0.3) is 5.91 Å². The number of hydrogen-bond donors (Lipinski definition) is 3. The molecule has 1 fully saturated rings. The quantitative estimate of drug-likeness (QED) is 0.236. The predicted molar refractivity (Wildman–Crippen MR) is 128 cm³/mol. The number of carbonyl (C=O) groups excluding carboxylic acids is 5. The minimum Gasteiger partial charge on any atom is -0.481 e. The van der Waals surface area contributed by atoms with Gasteiger partial charge in [-0.1, -0.05) is 25.6 Å². The molecule has 0 radical (unpaired) electrons. The van der Waals surface area contributed by atoms with E-state index in [0.717, 1.165) is 11.8 Å². The average Bonchev–Trinajstić information content (AvgIpc) is 2.71. The SMILES string of the molecule is CC1(C)COC(=O)CC(=O)SCCNC(=O)CCNC(=O)[C@@H]1OC(=O)O[C@H](CC(=O)O)C[N+](C)(C)C. The monoisotopic (exact) mass is 534 g/mol. The molecule has 2 atom stereocenters. The number of amides is 2. The number of esters is 1. The number of likely N-dealkylation sites (N-methyl/N-ethyl adjacent to an activating group) is 1. The van der Waals surface area contributed by atoms with Gasteiger partial charge >= 0.3 is 18.1 Å². The van der Waals surface area contributed by atoms with Crippen molar-refractivity contribution >= 4 is 46.8 Å². The summed E-state index contributed by atoms with van der Waals surface area (Å²) in [6, 6.07) is 0. The number of thioether (sulfide) groups is 1. The van der Waals surface area contributed by atoms with Gasteiger partial charge in [0.2, 0.25) is 5.91 Å². The normalized spacial score (nSPS) is 21.4. The Morgan fingerprint density at radius 2 is 1.83 bits per heavy atom. The van der Waals surface area contributed by atoms with Crippen molar-refractivity contribution in [3.8, 4) is 0 Å². The van der Waals surface area contributed by atoms with E-state index in [2.05, 4.69) is 10.6 Å². The number of nitrogens with one attached hydrogen (secondary N) is 2. The second-order valence-corrected chi connectivity index (χ2v) is 11.1. The Morgan fingerprint density at radius 3 is 2.44 bits per heavy atom. The molecule has 0 aromatic heterocycles. The fourth-order valence-corrected chi connectivity index (χ4v) is 3.83. The number of carbonyl (C=O) groups is 6. The van der Waals surface area contributed by atoms with Crippen LogP contribution in [-0.4, -0.2) is 110 Å². The van der Waals surface area contributed by atoms with Crippen molar-refractivity contribution in [1.82, 2.24) is 10.6 Å². The standard InChI is InChI=1S/C22H35N3O10S/c1-22(2)13-33-17(29)11-18(30)36-9-8-23-15(26)6-7-24-20(31)19(22)35-21(32)34-14(10-16(27)28)12-25(3,4)5/h14,19H,6-13H2,1-5H3,(H2-,23,24,26,27,28,31)/p+1/t14-,19+/m1/s1. The number of carboxylic acids is 1. The maximum Gasteiger partial charge on any atom is 0.509 e. The molecule has 1 rings (SSSR count). The van der Waals surface area contributed by atoms with E-state index in [1.54, 1.807) is 21.1 Å². The van der Waals surface area contributed by atoms with Crippen molar-refractivity contribution < 1.29 is 52.6 Å². The molecule has 0 unspecified atom stereocenters. The number of nitrogens with zero attached hydrogens (tertiary/aromatic N) is 1. The molecule has 1 aliphatic rings. The Balaban J connectivity index is 3.05. The van der Waals surface area contributed by atoms with E-state index in [4.69, 9.17) is 19.3 Å². The lowest BCUT2D eigenvalue weighted by atomic mass is 9.86. The molecule has 204 valence electrons. The first-order chi connectivity index (χ1) is 16.6. The van der Waals surface area contributed by atoms with Crippen molar-refractivity contribution in [2.75, 3.05) is 53.1 Å². The van der Waals surface area contributed by atoms with Gasteiger partial charge in [-0.25, -0.2) is 4.79 Å². The summed E-state index contributed by atoms with van der Waals surface area (Å²) in [6.07, 6.45) is -4.85. The fourth-order valence-electron chi connectivity index (χ4n) is 3.17. The van der Waals surface area contributed by atoms with E-state index in [1.165, 1.54) is 13.8 Å². The maximum absolute atomic E-state index is 12.9. The van der Waals surface area contributed by atoms with Gasteiger partial charge in [-0.15, -0.1) is 0 Å². The Kier molecular flexibility index (Phi) is 12.1. The van der Waals surface area contributed by atoms with Gasteiger partial charge in [-0.2, -0.15) is 0 Å². The lowest BCUT2D eigenvalue weighted by Crippen LogP contribution is -2.50. The predicted octanol–water partition coefficient (Wildman–Crippen LogP) is -0.0869. The molecule has 0 aromatic rings. The van der Waals surface area contributed by atoms with Crippen LogP contribution in [-0.2, 0) is 38.2 Å². The molecule has 1 heterocycles. The summed E-state index contributed by atoms with van der Waals surface area (Å²) in [7, 11) is 5.36. The van der Waals surface area contributed by atoms with Gasteiger partial charge in [0.15, 0.2) is 17.3 Å². The molecular weight excluding hydrogens is 498 g/mol. The van der Waals surface area contributed by atoms with Crippen LogP contribution in [0.2, 0.25) is 0 Å². The van der Waals surface area contributed by atoms with E-state index < -0.39 is 59.6 Å². The number of carboxylic acid groups (broad SMARTS) is 1. The maximum atomic E-state index is 12.9. The summed E-state index contributed by atoms with van der Waals surface area (Å²) >= 11 is 0.888. The third kappa shape index (κ3) is 12.7. The molecule has 0 aliphatic carbocycles. The molecule has 0 saturated carbocycles. The van der Waals surface area contributed by atoms with Crippen LogP contribution in [0.5, 0.6) is 0 Å². The van der Waals surface area contributed by atoms with Gasteiger partial charge in [-0.3, -0.25) is 24.0 Å². The molecule has 2 amide bonds. The molecule has 13 nitrogen and oxygen atoms in total. The first-order valence-electron chi connectivity index (χ1n) is 11.3. The lowest BCUT2D eigenvalue weighted by molar-refractivity contribution is -0.873. The minimum atomic E-state index is -1.52. The van der Waals surface area contributed by atoms with Gasteiger partial charge in [-0.05, 0) is 0 Å². The highest BCUT2D eigenvalue weighted by molar-refractivity contribution is 8.13. The van der Waals surface area contributed by atoms with Crippen molar-refractivity contribution in [3.63, 3.8) is 0 Å². The van der Waals surface area contributed by atoms with Crippen molar-refractivity contribution in [2.24, 2.45) is 5.41 Å². The van der Waals surface area contributed by atoms with Crippen LogP contribution in [0.3, 0.4) is 0 Å². The van der Waals surface area contributed by atoms with E-state index in [1.807, 2.05) is 0 Å². The van der Waals surface area contributed by atoms with Crippen molar-refractivity contribution in [1.29, 1.82) is 0 Å². The van der Waals surface area contributed by atoms with E-state index >= 15 is 0 Å². The van der Waals surface area contributed by atoms with E-state index in [9.17, 15) is 28.8 Å². The van der Waals surface area contributed by atoms with Gasteiger partial charge in [0.1, 0.15) is 19.6 Å². The van der Waals surface area contributed by atoms with Crippen molar-refractivity contribution in [2.45, 2.75) is 45.3 Å². The zero-order chi connectivity index (χ0) is 27.5. The zero-order valence-corrected chi connectivity index (χ0v) is 22.1. The van der Waals surface area contributed by atoms with Crippen LogP contribution >= 0.6 is 11.8 Å². The number of aliphatic carboxylic acids is 1. The van der Waals surface area contributed by atoms with Crippen LogP contribution in [0, 0.1) is 5.41 Å². The van der Waals surface area contributed by atoms with Crippen molar-refractivity contribution in [3.05, 3.63) is 0 Å². The number of rotatable bonds is 6. The van der Waals surface area contributed by atoms with Crippen LogP contribution < -0.4 is 10.6 Å². The van der Waals surface area contributed by atoms with E-state index in [-0.39, 0.29) is 44.3 Å². The number of ether oxygens (including phenoxy) is 3. The average molecular weight is 535 g/mol. The third-order valence-electron chi connectivity index (χ3n) is 4.81. The first kappa shape index (κ1) is 31.2. The fraction of sp³-hybridized carbons (Fsp3) is 0.727. The highest BCUT2D eigenvalue weighted by Gasteiger charge is 2.41. The highest BCUT2D eigenvalue weighted by atomic mass is 32.2.